The van der Waals surface area contributed by atoms with E-state index in [9.17, 15) is 0 Å². The van der Waals surface area contributed by atoms with Crippen molar-refractivity contribution in [1.82, 2.24) is 25.2 Å². The minimum atomic E-state index is -0.291. The molecule has 1 aliphatic heterocycles. The van der Waals surface area contributed by atoms with Gasteiger partial charge in [0.25, 0.3) is 0 Å². The van der Waals surface area contributed by atoms with Crippen molar-refractivity contribution in [3.05, 3.63) is 95.3 Å². The quantitative estimate of drug-likeness (QED) is 0.466. The molecule has 182 valence electrons. The van der Waals surface area contributed by atoms with Crippen LogP contribution in [-0.4, -0.2) is 40.7 Å². The summed E-state index contributed by atoms with van der Waals surface area (Å²) < 4.78 is 1.95. The topological polar surface area (TPSA) is 80.8 Å². The molecule has 0 spiro atoms. The molecule has 6 nitrogen and oxygen atoms in total. The van der Waals surface area contributed by atoms with E-state index in [0.717, 1.165) is 60.7 Å². The van der Waals surface area contributed by atoms with Crippen molar-refractivity contribution in [3.63, 3.8) is 0 Å². The summed E-state index contributed by atoms with van der Waals surface area (Å²) >= 11 is 6.27. The molecule has 3 heterocycles. The molecule has 0 amide bonds. The molecular weight excluding hydrogens is 444 g/mol. The number of aromatic nitrogens is 3. The molecule has 1 saturated heterocycles. The van der Waals surface area contributed by atoms with Crippen molar-refractivity contribution in [2.24, 2.45) is 12.8 Å². The van der Waals surface area contributed by atoms with Gasteiger partial charge in [-0.05, 0) is 46.5 Å². The van der Waals surface area contributed by atoms with Crippen LogP contribution in [0.5, 0.6) is 0 Å². The van der Waals surface area contributed by atoms with Gasteiger partial charge in [0.15, 0.2) is 0 Å². The molecule has 34 heavy (non-hydrogen) atoms. The lowest BCUT2D eigenvalue weighted by Gasteiger charge is -2.18. The van der Waals surface area contributed by atoms with Crippen LogP contribution < -0.4 is 16.4 Å². The number of rotatable bonds is 2. The van der Waals surface area contributed by atoms with Crippen LogP contribution in [0.15, 0.2) is 62.2 Å². The third kappa shape index (κ3) is 7.11. The Balaban J connectivity index is 0.000000347. The molecule has 1 fully saturated rings. The van der Waals surface area contributed by atoms with Crippen LogP contribution in [0.25, 0.3) is 11.6 Å². The average molecular weight is 481 g/mol. The fourth-order valence-electron chi connectivity index (χ4n) is 3.81. The number of hydrogen-bond donors (Lipinski definition) is 3. The number of nitrogens with one attached hydrogen (secondary N) is 2. The van der Waals surface area contributed by atoms with Crippen molar-refractivity contribution in [3.8, 4) is 0 Å². The Kier molecular flexibility index (Phi) is 11.7. The maximum absolute atomic E-state index is 6.61. The van der Waals surface area contributed by atoms with E-state index < -0.39 is 0 Å². The summed E-state index contributed by atoms with van der Waals surface area (Å²) in [7, 11) is 1.95. The second-order valence-electron chi connectivity index (χ2n) is 7.52. The first-order valence-corrected chi connectivity index (χ1v) is 12.1. The van der Waals surface area contributed by atoms with E-state index >= 15 is 0 Å². The Morgan fingerprint density at radius 3 is 2.35 bits per heavy atom. The summed E-state index contributed by atoms with van der Waals surface area (Å²) in [5, 5.41) is 7.15. The normalized spacial score (nSPS) is 14.7. The zero-order valence-corrected chi connectivity index (χ0v) is 21.3. The van der Waals surface area contributed by atoms with Gasteiger partial charge in [0.2, 0.25) is 0 Å². The molecule has 1 unspecified atom stereocenters. The maximum atomic E-state index is 6.61. The van der Waals surface area contributed by atoms with Crippen LogP contribution >= 0.6 is 11.6 Å². The summed E-state index contributed by atoms with van der Waals surface area (Å²) in [5.41, 5.74) is 13.0. The fraction of sp³-hybridized carbons (Fsp3) is 0.333. The second-order valence-corrected chi connectivity index (χ2v) is 7.96. The molecule has 5 rings (SSSR count). The van der Waals surface area contributed by atoms with Crippen molar-refractivity contribution in [1.29, 1.82) is 0 Å². The smallest absolute Gasteiger partial charge is 0.0946 e. The zero-order chi connectivity index (χ0) is 24.9. The average Bonchev–Trinajstić information content (AvgIpc) is 3.26. The molecule has 7 heteroatoms. The Bertz CT molecular complexity index is 1040. The third-order valence-electron chi connectivity index (χ3n) is 5.44. The van der Waals surface area contributed by atoms with Gasteiger partial charge in [0, 0.05) is 50.9 Å². The van der Waals surface area contributed by atoms with Crippen LogP contribution in [0.4, 0.5) is 0 Å². The van der Waals surface area contributed by atoms with E-state index in [0.29, 0.717) is 5.02 Å². The highest BCUT2D eigenvalue weighted by Gasteiger charge is 2.23. The number of nitrogens with zero attached hydrogens (tertiary/aromatic N) is 3. The molecule has 0 radical (unpaired) electrons. The van der Waals surface area contributed by atoms with Gasteiger partial charge < -0.3 is 20.9 Å². The van der Waals surface area contributed by atoms with Crippen LogP contribution in [-0.2, 0) is 13.5 Å². The lowest BCUT2D eigenvalue weighted by atomic mass is 9.92. The monoisotopic (exact) mass is 480 g/mol. The number of benzene rings is 1. The minimum Gasteiger partial charge on any atom is -0.336 e. The van der Waals surface area contributed by atoms with Gasteiger partial charge in [-0.3, -0.25) is 4.98 Å². The molecule has 3 aromatic rings. The molecule has 1 atom stereocenters. The van der Waals surface area contributed by atoms with E-state index in [1.807, 2.05) is 56.1 Å². The van der Waals surface area contributed by atoms with Gasteiger partial charge in [-0.15, -0.1) is 13.2 Å². The summed E-state index contributed by atoms with van der Waals surface area (Å²) in [6.07, 6.45) is 8.29. The summed E-state index contributed by atoms with van der Waals surface area (Å²) in [5.74, 6) is 0. The molecule has 0 bridgehead atoms. The van der Waals surface area contributed by atoms with Crippen molar-refractivity contribution in [2.45, 2.75) is 26.3 Å². The standard InChI is InChI=1S/C19H17ClN4.C4H10N2.C2H6.C2H4/c1-24-11-22-10-18(24)19(21)16-7-13-3-2-6-23-17(13)8-12-4-5-14(20)9-15(12)16;1-2-6-4-3-5-1;2*1-2/h2-7,9-11,19H,8,21H2,1H3;5-6H,1-4H2;1-2H3;1-2H2. The van der Waals surface area contributed by atoms with E-state index in [4.69, 9.17) is 17.3 Å². The Labute approximate surface area is 209 Å². The highest BCUT2D eigenvalue weighted by atomic mass is 35.5. The number of fused-ring (bicyclic) bond motifs is 2. The lowest BCUT2D eigenvalue weighted by molar-refractivity contribution is 0.534. The first kappa shape index (κ1) is 27.5. The highest BCUT2D eigenvalue weighted by molar-refractivity contribution is 6.30. The Hall–Kier alpha value is -2.77. The zero-order valence-electron chi connectivity index (χ0n) is 20.5. The fourth-order valence-corrected chi connectivity index (χ4v) is 3.99. The van der Waals surface area contributed by atoms with Gasteiger partial charge in [-0.25, -0.2) is 4.98 Å². The largest absolute Gasteiger partial charge is 0.336 e. The number of imidazole rings is 1. The van der Waals surface area contributed by atoms with Crippen LogP contribution in [0.3, 0.4) is 0 Å². The minimum absolute atomic E-state index is 0.291. The number of pyridine rings is 1. The Morgan fingerprint density at radius 2 is 1.76 bits per heavy atom. The van der Waals surface area contributed by atoms with Crippen LogP contribution in [0, 0.1) is 0 Å². The molecule has 1 aromatic carbocycles. The van der Waals surface area contributed by atoms with Crippen molar-refractivity contribution >= 4 is 23.3 Å². The van der Waals surface area contributed by atoms with Crippen LogP contribution in [0.1, 0.15) is 48.0 Å². The first-order valence-electron chi connectivity index (χ1n) is 11.7. The number of aryl methyl sites for hydroxylation is 1. The lowest BCUT2D eigenvalue weighted by Crippen LogP contribution is -2.39. The van der Waals surface area contributed by atoms with Gasteiger partial charge in [-0.1, -0.05) is 37.6 Å². The molecule has 0 saturated carbocycles. The predicted octanol–water partition coefficient (Wildman–Crippen LogP) is 4.62. The van der Waals surface area contributed by atoms with Crippen molar-refractivity contribution in [2.75, 3.05) is 26.2 Å². The van der Waals surface area contributed by atoms with Gasteiger partial charge >= 0.3 is 0 Å². The summed E-state index contributed by atoms with van der Waals surface area (Å²) in [6.45, 7) is 14.6. The van der Waals surface area contributed by atoms with Gasteiger partial charge in [0.1, 0.15) is 0 Å². The molecule has 4 N–H and O–H groups in total. The van der Waals surface area contributed by atoms with Gasteiger partial charge in [-0.2, -0.15) is 0 Å². The Morgan fingerprint density at radius 1 is 1.09 bits per heavy atom. The first-order chi connectivity index (χ1) is 16.6. The number of halogens is 1. The maximum Gasteiger partial charge on any atom is 0.0946 e. The van der Waals surface area contributed by atoms with Gasteiger partial charge in [0.05, 0.1) is 30.0 Å². The summed E-state index contributed by atoms with van der Waals surface area (Å²) in [4.78, 5) is 8.73. The predicted molar refractivity (Wildman–Crippen MR) is 145 cm³/mol. The number of piperazine rings is 1. The van der Waals surface area contributed by atoms with E-state index in [-0.39, 0.29) is 6.04 Å². The van der Waals surface area contributed by atoms with Crippen molar-refractivity contribution < 1.29 is 0 Å². The van der Waals surface area contributed by atoms with E-state index in [1.54, 1.807) is 6.33 Å². The molecular formula is C27H37ClN6. The second kappa shape index (κ2) is 14.5. The highest BCUT2D eigenvalue weighted by Crippen LogP contribution is 2.37. The molecule has 2 aliphatic rings. The van der Waals surface area contributed by atoms with Crippen LogP contribution in [0.2, 0.25) is 5.02 Å². The summed E-state index contributed by atoms with van der Waals surface area (Å²) in [6, 6.07) is 9.70. The SMILES string of the molecule is C1CNCCN1.C=C.CC.Cn1cncc1C(N)C1=Cc2cccnc2Cc2ccc(Cl)cc21. The van der Waals surface area contributed by atoms with E-state index in [1.165, 1.54) is 5.56 Å². The number of hydrogen-bond acceptors (Lipinski definition) is 5. The van der Waals surface area contributed by atoms with E-state index in [2.05, 4.69) is 52.0 Å². The molecule has 2 aromatic heterocycles. The third-order valence-corrected chi connectivity index (χ3v) is 5.68. The number of nitrogens with two attached hydrogens (primary N) is 1. The molecule has 1 aliphatic carbocycles.